The summed E-state index contributed by atoms with van der Waals surface area (Å²) in [5, 5.41) is 3.44. The van der Waals surface area contributed by atoms with E-state index in [1.54, 1.807) is 0 Å². The van der Waals surface area contributed by atoms with E-state index < -0.39 is 0 Å². The number of nitrogens with one attached hydrogen (secondary N) is 1. The van der Waals surface area contributed by atoms with E-state index in [2.05, 4.69) is 34.5 Å². The average Bonchev–Trinajstić information content (AvgIpc) is 2.99. The molecule has 1 aromatic carbocycles. The normalized spacial score (nSPS) is 29.4. The first-order valence-corrected chi connectivity index (χ1v) is 7.85. The summed E-state index contributed by atoms with van der Waals surface area (Å²) in [4.78, 5) is 15.2. The molecule has 4 heteroatoms. The smallest absolute Gasteiger partial charge is 0.233 e. The van der Waals surface area contributed by atoms with Crippen LogP contribution in [0.5, 0.6) is 0 Å². The second-order valence-corrected chi connectivity index (χ2v) is 6.69. The second kappa shape index (κ2) is 5.62. The van der Waals surface area contributed by atoms with Gasteiger partial charge in [0.1, 0.15) is 0 Å². The molecule has 2 aliphatic heterocycles. The van der Waals surface area contributed by atoms with Gasteiger partial charge in [0.2, 0.25) is 5.91 Å². The summed E-state index contributed by atoms with van der Waals surface area (Å²) in [5.41, 5.74) is 1.03. The number of rotatable bonds is 2. The maximum atomic E-state index is 13.1. The Labute approximate surface area is 132 Å². The van der Waals surface area contributed by atoms with Crippen molar-refractivity contribution >= 4 is 18.3 Å². The first kappa shape index (κ1) is 14.9. The van der Waals surface area contributed by atoms with Gasteiger partial charge in [0.15, 0.2) is 0 Å². The molecule has 114 valence electrons. The molecule has 21 heavy (non-hydrogen) atoms. The van der Waals surface area contributed by atoms with Crippen molar-refractivity contribution in [3.8, 4) is 0 Å². The summed E-state index contributed by atoms with van der Waals surface area (Å²) in [6.45, 7) is 4.11. The van der Waals surface area contributed by atoms with Crippen molar-refractivity contribution in [2.75, 3.05) is 26.2 Å². The maximum absolute atomic E-state index is 13.1. The van der Waals surface area contributed by atoms with Gasteiger partial charge in [-0.1, -0.05) is 36.8 Å². The Morgan fingerprint density at radius 2 is 1.71 bits per heavy atom. The Kier molecular flexibility index (Phi) is 3.98. The molecule has 1 aliphatic carbocycles. The number of carbonyl (C=O) groups is 1. The number of likely N-dealkylation sites (tertiary alicyclic amines) is 1. The lowest BCUT2D eigenvalue weighted by Gasteiger charge is -2.43. The number of nitrogens with zero attached hydrogens (tertiary/aromatic N) is 1. The summed E-state index contributed by atoms with van der Waals surface area (Å²) in [6.07, 6.45) is 3.24. The van der Waals surface area contributed by atoms with Crippen LogP contribution in [0.15, 0.2) is 30.3 Å². The third-order valence-corrected chi connectivity index (χ3v) is 5.62. The molecule has 0 bridgehead atoms. The summed E-state index contributed by atoms with van der Waals surface area (Å²) in [7, 11) is 0. The molecule has 0 unspecified atom stereocenters. The summed E-state index contributed by atoms with van der Waals surface area (Å²) in [6, 6.07) is 10.4. The Morgan fingerprint density at radius 1 is 1.10 bits per heavy atom. The molecular formula is C17H23ClN2O. The molecular weight excluding hydrogens is 284 g/mol. The molecule has 3 fully saturated rings. The number of hydrogen-bond acceptors (Lipinski definition) is 2. The Balaban J connectivity index is 0.00000132. The molecule has 1 amide bonds. The van der Waals surface area contributed by atoms with Crippen molar-refractivity contribution in [3.63, 3.8) is 0 Å². The summed E-state index contributed by atoms with van der Waals surface area (Å²) in [5.74, 6) is 1.77. The van der Waals surface area contributed by atoms with Gasteiger partial charge >= 0.3 is 0 Å². The molecule has 4 rings (SSSR count). The Morgan fingerprint density at radius 3 is 2.24 bits per heavy atom. The monoisotopic (exact) mass is 306 g/mol. The van der Waals surface area contributed by atoms with Crippen LogP contribution >= 0.6 is 12.4 Å². The molecule has 0 radical (unpaired) electrons. The van der Waals surface area contributed by atoms with Crippen LogP contribution < -0.4 is 5.32 Å². The van der Waals surface area contributed by atoms with Gasteiger partial charge in [-0.3, -0.25) is 4.79 Å². The van der Waals surface area contributed by atoms with Crippen LogP contribution in [0.2, 0.25) is 0 Å². The Bertz CT molecular complexity index is 503. The number of amides is 1. The van der Waals surface area contributed by atoms with Crippen LogP contribution in [0, 0.1) is 11.8 Å². The summed E-state index contributed by atoms with van der Waals surface area (Å²) < 4.78 is 0. The minimum absolute atomic E-state index is 0. The first-order valence-electron chi connectivity index (χ1n) is 7.85. The quantitative estimate of drug-likeness (QED) is 0.908. The van der Waals surface area contributed by atoms with Crippen molar-refractivity contribution in [2.24, 2.45) is 11.8 Å². The number of benzene rings is 1. The fourth-order valence-corrected chi connectivity index (χ4v) is 4.24. The number of hydrogen-bond donors (Lipinski definition) is 1. The van der Waals surface area contributed by atoms with Gasteiger partial charge in [-0.2, -0.15) is 0 Å². The third-order valence-electron chi connectivity index (χ3n) is 5.62. The average molecular weight is 307 g/mol. The zero-order chi connectivity index (χ0) is 13.6. The Hall–Kier alpha value is -1.06. The van der Waals surface area contributed by atoms with Crippen LogP contribution in [-0.2, 0) is 10.2 Å². The highest BCUT2D eigenvalue weighted by Gasteiger charge is 2.50. The highest BCUT2D eigenvalue weighted by Crippen LogP contribution is 2.46. The van der Waals surface area contributed by atoms with Crippen LogP contribution in [0.4, 0.5) is 0 Å². The van der Waals surface area contributed by atoms with Crippen molar-refractivity contribution in [1.29, 1.82) is 0 Å². The van der Waals surface area contributed by atoms with Crippen LogP contribution in [0.1, 0.15) is 24.8 Å². The molecule has 2 atom stereocenters. The fraction of sp³-hybridized carbons (Fsp3) is 0.588. The van der Waals surface area contributed by atoms with E-state index in [0.717, 1.165) is 39.0 Å². The lowest BCUT2D eigenvalue weighted by molar-refractivity contribution is -0.140. The van der Waals surface area contributed by atoms with Crippen LogP contribution in [0.3, 0.4) is 0 Å². The zero-order valence-corrected chi connectivity index (χ0v) is 13.1. The van der Waals surface area contributed by atoms with Crippen molar-refractivity contribution in [1.82, 2.24) is 10.2 Å². The van der Waals surface area contributed by atoms with E-state index in [1.807, 2.05) is 6.07 Å². The predicted octanol–water partition coefficient (Wildman–Crippen LogP) is 2.21. The van der Waals surface area contributed by atoms with Gasteiger partial charge in [-0.05, 0) is 30.2 Å². The SMILES string of the molecule is Cl.O=C(N1C[C@H]2CNC[C@H]2C1)C1(c2ccccc2)CCC1. The van der Waals surface area contributed by atoms with Gasteiger partial charge in [-0.15, -0.1) is 12.4 Å². The number of halogens is 1. The van der Waals surface area contributed by atoms with Crippen LogP contribution in [-0.4, -0.2) is 37.0 Å². The van der Waals surface area contributed by atoms with E-state index in [9.17, 15) is 4.79 Å². The lowest BCUT2D eigenvalue weighted by atomic mass is 9.63. The van der Waals surface area contributed by atoms with Crippen molar-refractivity contribution < 1.29 is 4.79 Å². The van der Waals surface area contributed by atoms with E-state index in [-0.39, 0.29) is 17.8 Å². The maximum Gasteiger partial charge on any atom is 0.233 e. The minimum atomic E-state index is -0.201. The summed E-state index contributed by atoms with van der Waals surface area (Å²) >= 11 is 0. The fourth-order valence-electron chi connectivity index (χ4n) is 4.24. The first-order chi connectivity index (χ1) is 9.79. The van der Waals surface area contributed by atoms with Gasteiger partial charge in [-0.25, -0.2) is 0 Å². The van der Waals surface area contributed by atoms with Gasteiger partial charge in [0.05, 0.1) is 5.41 Å². The van der Waals surface area contributed by atoms with E-state index in [4.69, 9.17) is 0 Å². The predicted molar refractivity (Wildman–Crippen MR) is 85.6 cm³/mol. The highest BCUT2D eigenvalue weighted by molar-refractivity contribution is 5.89. The molecule has 1 N–H and O–H groups in total. The van der Waals surface area contributed by atoms with E-state index in [1.165, 1.54) is 12.0 Å². The van der Waals surface area contributed by atoms with Crippen molar-refractivity contribution in [2.45, 2.75) is 24.7 Å². The largest absolute Gasteiger partial charge is 0.341 e. The molecule has 3 nitrogen and oxygen atoms in total. The van der Waals surface area contributed by atoms with Gasteiger partial charge < -0.3 is 10.2 Å². The molecule has 0 spiro atoms. The zero-order valence-electron chi connectivity index (χ0n) is 12.3. The van der Waals surface area contributed by atoms with E-state index >= 15 is 0 Å². The highest BCUT2D eigenvalue weighted by atomic mass is 35.5. The topological polar surface area (TPSA) is 32.3 Å². The third kappa shape index (κ3) is 2.27. The number of fused-ring (bicyclic) bond motifs is 1. The van der Waals surface area contributed by atoms with Gasteiger partial charge in [0.25, 0.3) is 0 Å². The molecule has 2 saturated heterocycles. The second-order valence-electron chi connectivity index (χ2n) is 6.69. The molecule has 1 saturated carbocycles. The molecule has 2 heterocycles. The molecule has 3 aliphatic rings. The standard InChI is InChI=1S/C17H22N2O.ClH/c20-16(19-11-13-9-18-10-14(13)12-19)17(7-4-8-17)15-5-2-1-3-6-15;/h1-3,5-6,13-14,18H,4,7-12H2;1H/t13-,14+;. The van der Waals surface area contributed by atoms with E-state index in [0.29, 0.717) is 17.7 Å². The lowest BCUT2D eigenvalue weighted by Crippen LogP contribution is -2.50. The molecule has 0 aromatic heterocycles. The number of carbonyl (C=O) groups excluding carboxylic acids is 1. The van der Waals surface area contributed by atoms with Crippen molar-refractivity contribution in [3.05, 3.63) is 35.9 Å². The minimum Gasteiger partial charge on any atom is -0.341 e. The van der Waals surface area contributed by atoms with Gasteiger partial charge in [0, 0.05) is 26.2 Å². The van der Waals surface area contributed by atoms with Crippen LogP contribution in [0.25, 0.3) is 0 Å². The molecule has 1 aromatic rings.